The summed E-state index contributed by atoms with van der Waals surface area (Å²) in [5.41, 5.74) is 2.05. The van der Waals surface area contributed by atoms with E-state index < -0.39 is 18.3 Å². The average molecular weight is 496 g/mol. The van der Waals surface area contributed by atoms with Gasteiger partial charge in [-0.2, -0.15) is 0 Å². The van der Waals surface area contributed by atoms with E-state index >= 15 is 0 Å². The minimum atomic E-state index is -0.509. The molecule has 1 amide bonds. The van der Waals surface area contributed by atoms with Crippen LogP contribution in [0.2, 0.25) is 0 Å². The Balaban J connectivity index is 1.24. The number of amides is 1. The lowest BCUT2D eigenvalue weighted by atomic mass is 10.0. The fourth-order valence-electron chi connectivity index (χ4n) is 4.36. The molecule has 6 heteroatoms. The lowest BCUT2D eigenvalue weighted by Crippen LogP contribution is -2.41. The third-order valence-electron chi connectivity index (χ3n) is 6.30. The van der Waals surface area contributed by atoms with E-state index in [2.05, 4.69) is 17.4 Å². The predicted octanol–water partition coefficient (Wildman–Crippen LogP) is 6.22. The molecule has 4 aromatic carbocycles. The van der Waals surface area contributed by atoms with Crippen molar-refractivity contribution in [1.29, 1.82) is 0 Å². The lowest BCUT2D eigenvalue weighted by molar-refractivity contribution is -0.0752. The molecule has 1 aliphatic rings. The zero-order chi connectivity index (χ0) is 25.5. The number of carbonyl (C=O) groups excluding carboxylic acids is 1. The van der Waals surface area contributed by atoms with Gasteiger partial charge in [0, 0.05) is 6.54 Å². The molecule has 0 radical (unpaired) electrons. The Kier molecular flexibility index (Phi) is 7.67. The first-order chi connectivity index (χ1) is 18.2. The standard InChI is InChI=1S/C31H29NO5/c1-34-25-14-16-26(17-15-25)36-29-19-18-28(23-9-3-2-4-10-23)37-30(29)21-35-31(33)32-20-24-12-7-11-22-8-5-6-13-27(22)24/h2-19,28-30H,20-21H2,1H3,(H,32,33)/t28-,29-,30-/m0/s1. The molecular formula is C31H29NO5. The maximum atomic E-state index is 12.6. The van der Waals surface area contributed by atoms with Gasteiger partial charge in [-0.15, -0.1) is 0 Å². The highest BCUT2D eigenvalue weighted by Crippen LogP contribution is 2.29. The maximum absolute atomic E-state index is 12.6. The van der Waals surface area contributed by atoms with Gasteiger partial charge in [0.1, 0.15) is 36.4 Å². The first kappa shape index (κ1) is 24.4. The number of hydrogen-bond acceptors (Lipinski definition) is 5. The molecule has 0 saturated carbocycles. The highest BCUT2D eigenvalue weighted by Gasteiger charge is 2.31. The molecule has 5 rings (SSSR count). The molecule has 0 aliphatic carbocycles. The second kappa shape index (κ2) is 11.6. The molecule has 0 saturated heterocycles. The number of methoxy groups -OCH3 is 1. The summed E-state index contributed by atoms with van der Waals surface area (Å²) in [5, 5.41) is 5.09. The number of alkyl carbamates (subject to hydrolysis) is 1. The molecule has 188 valence electrons. The average Bonchev–Trinajstić information content (AvgIpc) is 2.96. The fourth-order valence-corrected chi connectivity index (χ4v) is 4.36. The van der Waals surface area contributed by atoms with Gasteiger partial charge in [0.05, 0.1) is 7.11 Å². The highest BCUT2D eigenvalue weighted by atomic mass is 16.6. The van der Waals surface area contributed by atoms with Crippen LogP contribution < -0.4 is 14.8 Å². The van der Waals surface area contributed by atoms with E-state index in [0.29, 0.717) is 12.3 Å². The van der Waals surface area contributed by atoms with Gasteiger partial charge >= 0.3 is 6.09 Å². The van der Waals surface area contributed by atoms with Crippen LogP contribution in [0.25, 0.3) is 10.8 Å². The summed E-state index contributed by atoms with van der Waals surface area (Å²) in [6.45, 7) is 0.403. The molecule has 0 unspecified atom stereocenters. The number of nitrogens with one attached hydrogen (secondary N) is 1. The Morgan fingerprint density at radius 2 is 1.57 bits per heavy atom. The van der Waals surface area contributed by atoms with Crippen LogP contribution in [-0.4, -0.2) is 32.0 Å². The summed E-state index contributed by atoms with van der Waals surface area (Å²) in [6, 6.07) is 31.4. The molecule has 0 bridgehead atoms. The molecule has 1 N–H and O–H groups in total. The van der Waals surface area contributed by atoms with Crippen molar-refractivity contribution >= 4 is 16.9 Å². The van der Waals surface area contributed by atoms with Gasteiger partial charge in [-0.25, -0.2) is 4.79 Å². The number of hydrogen-bond donors (Lipinski definition) is 1. The van der Waals surface area contributed by atoms with Crippen molar-refractivity contribution in [2.24, 2.45) is 0 Å². The lowest BCUT2D eigenvalue weighted by Gasteiger charge is -2.32. The van der Waals surface area contributed by atoms with E-state index in [1.165, 1.54) is 0 Å². The highest BCUT2D eigenvalue weighted by molar-refractivity contribution is 5.85. The van der Waals surface area contributed by atoms with Crippen molar-refractivity contribution in [3.05, 3.63) is 120 Å². The van der Waals surface area contributed by atoms with Gasteiger partial charge < -0.3 is 24.3 Å². The van der Waals surface area contributed by atoms with Gasteiger partial charge in [-0.05, 0) is 52.2 Å². The van der Waals surface area contributed by atoms with E-state index in [4.69, 9.17) is 18.9 Å². The third kappa shape index (κ3) is 6.11. The van der Waals surface area contributed by atoms with E-state index in [0.717, 1.165) is 27.6 Å². The van der Waals surface area contributed by atoms with Crippen LogP contribution >= 0.6 is 0 Å². The smallest absolute Gasteiger partial charge is 0.407 e. The Bertz CT molecular complexity index is 1350. The van der Waals surface area contributed by atoms with Crippen LogP contribution in [0.3, 0.4) is 0 Å². The maximum Gasteiger partial charge on any atom is 0.407 e. The zero-order valence-electron chi connectivity index (χ0n) is 20.6. The third-order valence-corrected chi connectivity index (χ3v) is 6.30. The molecule has 1 aliphatic heterocycles. The molecule has 6 nitrogen and oxygen atoms in total. The SMILES string of the molecule is COc1ccc(O[C@H]2C=C[C@@H](c3ccccc3)O[C@H]2COC(=O)NCc2cccc3ccccc23)cc1. The summed E-state index contributed by atoms with van der Waals surface area (Å²) < 4.78 is 23.3. The van der Waals surface area contributed by atoms with Crippen LogP contribution in [0.5, 0.6) is 11.5 Å². The normalized spacial score (nSPS) is 18.8. The van der Waals surface area contributed by atoms with Gasteiger partial charge in [-0.1, -0.05) is 78.9 Å². The van der Waals surface area contributed by atoms with E-state index in [1.807, 2.05) is 97.1 Å². The van der Waals surface area contributed by atoms with Crippen molar-refractivity contribution in [3.8, 4) is 11.5 Å². The van der Waals surface area contributed by atoms with Crippen molar-refractivity contribution < 1.29 is 23.7 Å². The summed E-state index contributed by atoms with van der Waals surface area (Å²) in [7, 11) is 1.62. The van der Waals surface area contributed by atoms with Crippen LogP contribution in [-0.2, 0) is 16.0 Å². The van der Waals surface area contributed by atoms with Gasteiger partial charge in [0.25, 0.3) is 0 Å². The van der Waals surface area contributed by atoms with E-state index in [1.54, 1.807) is 7.11 Å². The molecule has 0 spiro atoms. The monoisotopic (exact) mass is 495 g/mol. The second-order valence-corrected chi connectivity index (χ2v) is 8.74. The predicted molar refractivity (Wildman–Crippen MR) is 143 cm³/mol. The zero-order valence-corrected chi connectivity index (χ0v) is 20.6. The van der Waals surface area contributed by atoms with Crippen molar-refractivity contribution in [3.63, 3.8) is 0 Å². The fraction of sp³-hybridized carbons (Fsp3) is 0.194. The molecule has 0 aromatic heterocycles. The molecule has 4 aromatic rings. The summed E-state index contributed by atoms with van der Waals surface area (Å²) in [4.78, 5) is 12.6. The minimum absolute atomic E-state index is 0.0376. The van der Waals surface area contributed by atoms with Gasteiger partial charge in [0.15, 0.2) is 0 Å². The number of ether oxygens (including phenoxy) is 4. The summed E-state index contributed by atoms with van der Waals surface area (Å²) >= 11 is 0. The minimum Gasteiger partial charge on any atom is -0.497 e. The van der Waals surface area contributed by atoms with Crippen LogP contribution in [0.4, 0.5) is 4.79 Å². The van der Waals surface area contributed by atoms with Gasteiger partial charge in [0.2, 0.25) is 0 Å². The van der Waals surface area contributed by atoms with Gasteiger partial charge in [-0.3, -0.25) is 0 Å². The summed E-state index contributed by atoms with van der Waals surface area (Å²) in [6.07, 6.45) is 2.24. The first-order valence-corrected chi connectivity index (χ1v) is 12.3. The number of carbonyl (C=O) groups is 1. The Labute approximate surface area is 216 Å². The largest absolute Gasteiger partial charge is 0.497 e. The van der Waals surface area contributed by atoms with Crippen LogP contribution in [0.15, 0.2) is 109 Å². The number of rotatable bonds is 8. The second-order valence-electron chi connectivity index (χ2n) is 8.74. The Morgan fingerprint density at radius 3 is 2.38 bits per heavy atom. The molecule has 0 fully saturated rings. The van der Waals surface area contributed by atoms with Crippen molar-refractivity contribution in [2.45, 2.75) is 24.9 Å². The van der Waals surface area contributed by atoms with Crippen LogP contribution in [0, 0.1) is 0 Å². The molecule has 3 atom stereocenters. The quantitative estimate of drug-likeness (QED) is 0.294. The Hall–Kier alpha value is -4.29. The van der Waals surface area contributed by atoms with E-state index in [-0.39, 0.29) is 12.7 Å². The summed E-state index contributed by atoms with van der Waals surface area (Å²) in [5.74, 6) is 1.41. The number of fused-ring (bicyclic) bond motifs is 1. The molecule has 37 heavy (non-hydrogen) atoms. The molecule has 1 heterocycles. The topological polar surface area (TPSA) is 66.0 Å². The molecular weight excluding hydrogens is 466 g/mol. The Morgan fingerprint density at radius 1 is 0.838 bits per heavy atom. The van der Waals surface area contributed by atoms with E-state index in [9.17, 15) is 4.79 Å². The first-order valence-electron chi connectivity index (χ1n) is 12.3. The van der Waals surface area contributed by atoms with Crippen molar-refractivity contribution in [1.82, 2.24) is 5.32 Å². The number of benzene rings is 4. The van der Waals surface area contributed by atoms with Crippen LogP contribution in [0.1, 0.15) is 17.2 Å². The van der Waals surface area contributed by atoms with Crippen molar-refractivity contribution in [2.75, 3.05) is 13.7 Å².